The van der Waals surface area contributed by atoms with E-state index < -0.39 is 0 Å². The fourth-order valence-corrected chi connectivity index (χ4v) is 4.57. The first-order chi connectivity index (χ1) is 13.4. The number of hydrogen-bond acceptors (Lipinski definition) is 4. The monoisotopic (exact) mass is 396 g/mol. The lowest BCUT2D eigenvalue weighted by Crippen LogP contribution is -2.27. The van der Waals surface area contributed by atoms with Crippen LogP contribution in [0.3, 0.4) is 0 Å². The lowest BCUT2D eigenvalue weighted by molar-refractivity contribution is 0.0796. The van der Waals surface area contributed by atoms with Crippen LogP contribution in [0.15, 0.2) is 29.1 Å². The van der Waals surface area contributed by atoms with Crippen molar-refractivity contribution in [1.82, 2.24) is 19.7 Å². The normalized spacial score (nSPS) is 14.0. The van der Waals surface area contributed by atoms with Gasteiger partial charge < -0.3 is 4.90 Å². The van der Waals surface area contributed by atoms with E-state index in [2.05, 4.69) is 22.2 Å². The minimum Gasteiger partial charge on any atom is -0.338 e. The molecule has 7 heteroatoms. The molecule has 1 amide bonds. The van der Waals surface area contributed by atoms with Gasteiger partial charge in [-0.15, -0.1) is 0 Å². The second-order valence-corrected chi connectivity index (χ2v) is 8.41. The number of thiazole rings is 1. The van der Waals surface area contributed by atoms with Crippen LogP contribution in [0.25, 0.3) is 5.13 Å². The van der Waals surface area contributed by atoms with Gasteiger partial charge in [-0.3, -0.25) is 14.7 Å². The summed E-state index contributed by atoms with van der Waals surface area (Å²) in [6.45, 7) is 7.38. The lowest BCUT2D eigenvalue weighted by atomic mass is 10.0. The Labute approximate surface area is 167 Å². The molecule has 3 aromatic rings. The first kappa shape index (κ1) is 18.7. The third-order valence-electron chi connectivity index (χ3n) is 5.26. The highest BCUT2D eigenvalue weighted by atomic mass is 32.1. The molecule has 0 spiro atoms. The zero-order valence-electron chi connectivity index (χ0n) is 16.4. The summed E-state index contributed by atoms with van der Waals surface area (Å²) in [5.41, 5.74) is 4.41. The van der Waals surface area contributed by atoms with E-state index in [1.807, 2.05) is 37.8 Å². The van der Waals surface area contributed by atoms with Gasteiger partial charge in [-0.25, -0.2) is 4.98 Å². The number of aromatic nitrogens is 3. The van der Waals surface area contributed by atoms with Crippen LogP contribution in [0.2, 0.25) is 0 Å². The maximum Gasteiger partial charge on any atom is 0.277 e. The van der Waals surface area contributed by atoms with Crippen LogP contribution in [0.5, 0.6) is 0 Å². The predicted molar refractivity (Wildman–Crippen MR) is 111 cm³/mol. The molecular formula is C21H24N4O2S. The summed E-state index contributed by atoms with van der Waals surface area (Å²) in [7, 11) is 0. The summed E-state index contributed by atoms with van der Waals surface area (Å²) in [4.78, 5) is 32.8. The maximum atomic E-state index is 13.0. The average molecular weight is 397 g/mol. The van der Waals surface area contributed by atoms with Gasteiger partial charge in [0, 0.05) is 30.8 Å². The van der Waals surface area contributed by atoms with Crippen molar-refractivity contribution in [3.8, 4) is 5.13 Å². The van der Waals surface area contributed by atoms with Crippen LogP contribution < -0.4 is 5.56 Å². The van der Waals surface area contributed by atoms with Gasteiger partial charge in [0.25, 0.3) is 11.5 Å². The summed E-state index contributed by atoms with van der Waals surface area (Å²) in [5.74, 6) is 0.0231. The standard InChI is InChI=1S/C21H24N4O2S/c1-13-6-8-16(9-7-13)12-17-14(2)23-25(19(17)26)21-22-15(3)18(28-21)20(27)24-10-4-5-11-24/h6-9,23H,4-5,10-12H2,1-3H3. The van der Waals surface area contributed by atoms with Crippen molar-refractivity contribution >= 4 is 17.2 Å². The number of carbonyl (C=O) groups excluding carboxylic acids is 1. The molecule has 3 heterocycles. The predicted octanol–water partition coefficient (Wildman–Crippen LogP) is 3.37. The van der Waals surface area contributed by atoms with Crippen LogP contribution in [-0.4, -0.2) is 38.7 Å². The molecule has 0 unspecified atom stereocenters. The number of nitrogens with zero attached hydrogens (tertiary/aromatic N) is 3. The van der Waals surface area contributed by atoms with Crippen LogP contribution in [0.1, 0.15) is 50.6 Å². The van der Waals surface area contributed by atoms with Crippen LogP contribution in [0.4, 0.5) is 0 Å². The highest BCUT2D eigenvalue weighted by Crippen LogP contribution is 2.24. The minimum atomic E-state index is -0.105. The molecule has 1 N–H and O–H groups in total. The first-order valence-electron chi connectivity index (χ1n) is 9.57. The van der Waals surface area contributed by atoms with Crippen molar-refractivity contribution in [1.29, 1.82) is 0 Å². The number of carbonyl (C=O) groups is 1. The Balaban J connectivity index is 1.65. The van der Waals surface area contributed by atoms with Crippen LogP contribution in [-0.2, 0) is 6.42 Å². The number of aromatic amines is 1. The third kappa shape index (κ3) is 3.42. The van der Waals surface area contributed by atoms with Crippen molar-refractivity contribution in [2.75, 3.05) is 13.1 Å². The molecule has 28 heavy (non-hydrogen) atoms. The molecule has 0 bridgehead atoms. The smallest absolute Gasteiger partial charge is 0.277 e. The molecule has 0 radical (unpaired) electrons. The van der Waals surface area contributed by atoms with Crippen LogP contribution >= 0.6 is 11.3 Å². The molecule has 2 aromatic heterocycles. The van der Waals surface area contributed by atoms with Gasteiger partial charge in [0.1, 0.15) is 4.88 Å². The number of likely N-dealkylation sites (tertiary alicyclic amines) is 1. The Kier molecular flexibility index (Phi) is 4.93. The van der Waals surface area contributed by atoms with E-state index in [4.69, 9.17) is 0 Å². The molecule has 1 aliphatic heterocycles. The van der Waals surface area contributed by atoms with Crippen molar-refractivity contribution in [2.24, 2.45) is 0 Å². The molecule has 0 aliphatic carbocycles. The fourth-order valence-electron chi connectivity index (χ4n) is 3.57. The highest BCUT2D eigenvalue weighted by molar-refractivity contribution is 7.16. The molecule has 1 aliphatic rings. The van der Waals surface area contributed by atoms with Gasteiger partial charge >= 0.3 is 0 Å². The summed E-state index contributed by atoms with van der Waals surface area (Å²) in [5, 5.41) is 3.65. The van der Waals surface area contributed by atoms with E-state index >= 15 is 0 Å². The molecule has 0 saturated carbocycles. The number of aryl methyl sites for hydroxylation is 3. The molecule has 0 atom stereocenters. The van der Waals surface area contributed by atoms with Crippen molar-refractivity contribution < 1.29 is 4.79 Å². The van der Waals surface area contributed by atoms with E-state index in [0.29, 0.717) is 22.1 Å². The van der Waals surface area contributed by atoms with Gasteiger partial charge in [-0.05, 0) is 39.2 Å². The van der Waals surface area contributed by atoms with Crippen molar-refractivity contribution in [3.63, 3.8) is 0 Å². The average Bonchev–Trinajstić information content (AvgIpc) is 3.39. The van der Waals surface area contributed by atoms with E-state index in [1.54, 1.807) is 0 Å². The van der Waals surface area contributed by atoms with Crippen molar-refractivity contribution in [2.45, 2.75) is 40.0 Å². The number of rotatable bonds is 4. The first-order valence-corrected chi connectivity index (χ1v) is 10.4. The lowest BCUT2D eigenvalue weighted by Gasteiger charge is -2.13. The largest absolute Gasteiger partial charge is 0.338 e. The van der Waals surface area contributed by atoms with E-state index in [1.165, 1.54) is 21.6 Å². The number of benzene rings is 1. The molecular weight excluding hydrogens is 372 g/mol. The quantitative estimate of drug-likeness (QED) is 0.735. The summed E-state index contributed by atoms with van der Waals surface area (Å²) in [6.07, 6.45) is 2.67. The van der Waals surface area contributed by atoms with Gasteiger partial charge in [-0.2, -0.15) is 4.68 Å². The Morgan fingerprint density at radius 3 is 2.50 bits per heavy atom. The molecule has 4 rings (SSSR count). The zero-order valence-corrected chi connectivity index (χ0v) is 17.2. The second-order valence-electron chi connectivity index (χ2n) is 7.43. The summed E-state index contributed by atoms with van der Waals surface area (Å²) >= 11 is 1.28. The summed E-state index contributed by atoms with van der Waals surface area (Å²) in [6, 6.07) is 8.20. The van der Waals surface area contributed by atoms with E-state index in [-0.39, 0.29) is 11.5 Å². The molecule has 6 nitrogen and oxygen atoms in total. The second kappa shape index (κ2) is 7.39. The van der Waals surface area contributed by atoms with Gasteiger partial charge in [0.15, 0.2) is 0 Å². The Morgan fingerprint density at radius 1 is 1.14 bits per heavy atom. The molecule has 1 aromatic carbocycles. The van der Waals surface area contributed by atoms with Gasteiger partial charge in [0.2, 0.25) is 5.13 Å². The molecule has 1 saturated heterocycles. The van der Waals surface area contributed by atoms with Crippen LogP contribution in [0, 0.1) is 20.8 Å². The van der Waals surface area contributed by atoms with Gasteiger partial charge in [-0.1, -0.05) is 41.2 Å². The fraction of sp³-hybridized carbons (Fsp3) is 0.381. The highest BCUT2D eigenvalue weighted by Gasteiger charge is 2.25. The number of hydrogen-bond donors (Lipinski definition) is 1. The Hall–Kier alpha value is -2.67. The maximum absolute atomic E-state index is 13.0. The topological polar surface area (TPSA) is 71.0 Å². The van der Waals surface area contributed by atoms with E-state index in [0.717, 1.165) is 42.8 Å². The van der Waals surface area contributed by atoms with Gasteiger partial charge in [0.05, 0.1) is 5.69 Å². The molecule has 146 valence electrons. The Morgan fingerprint density at radius 2 is 1.82 bits per heavy atom. The van der Waals surface area contributed by atoms with Crippen molar-refractivity contribution in [3.05, 3.63) is 67.6 Å². The van der Waals surface area contributed by atoms with E-state index in [9.17, 15) is 9.59 Å². The number of amides is 1. The molecule has 1 fully saturated rings. The summed E-state index contributed by atoms with van der Waals surface area (Å²) < 4.78 is 1.47. The number of nitrogens with one attached hydrogen (secondary N) is 1. The third-order valence-corrected chi connectivity index (χ3v) is 6.39. The number of H-pyrrole nitrogens is 1. The zero-order chi connectivity index (χ0) is 19.8. The SMILES string of the molecule is Cc1ccc(Cc2c(C)[nH]n(-c3nc(C)c(C(=O)N4CCCC4)s3)c2=O)cc1. The Bertz CT molecular complexity index is 1070. The minimum absolute atomic E-state index is 0.0231.